The molecule has 1 amide bonds. The van der Waals surface area contributed by atoms with E-state index in [4.69, 9.17) is 9.47 Å². The van der Waals surface area contributed by atoms with Crippen molar-refractivity contribution in [3.63, 3.8) is 0 Å². The summed E-state index contributed by atoms with van der Waals surface area (Å²) in [5, 5.41) is 3.33. The Kier molecular flexibility index (Phi) is 5.22. The first kappa shape index (κ1) is 19.3. The largest absolute Gasteiger partial charge is 0.497 e. The Labute approximate surface area is 173 Å². The third-order valence-electron chi connectivity index (χ3n) is 4.91. The van der Waals surface area contributed by atoms with Gasteiger partial charge in [0.15, 0.2) is 0 Å². The standard InChI is InChI=1S/C24H20N2O4/c1-29-15-11-12-22(30-2)18(13-15)16-7-3-6-10-21(16)26-24(28)19-14-25-20-9-5-4-8-17(20)23(19)27/h3-14H,1-2H3,(H,25,27)(H,26,28). The van der Waals surface area contributed by atoms with Crippen LogP contribution in [0, 0.1) is 0 Å². The third-order valence-corrected chi connectivity index (χ3v) is 4.91. The van der Waals surface area contributed by atoms with Crippen LogP contribution in [0.5, 0.6) is 11.5 Å². The average molecular weight is 400 g/mol. The van der Waals surface area contributed by atoms with Crippen molar-refractivity contribution in [1.29, 1.82) is 0 Å². The molecule has 1 heterocycles. The number of benzene rings is 3. The van der Waals surface area contributed by atoms with Crippen LogP contribution >= 0.6 is 0 Å². The van der Waals surface area contributed by atoms with Crippen LogP contribution in [-0.2, 0) is 0 Å². The van der Waals surface area contributed by atoms with Crippen molar-refractivity contribution < 1.29 is 14.3 Å². The van der Waals surface area contributed by atoms with Gasteiger partial charge in [0, 0.05) is 33.9 Å². The van der Waals surface area contributed by atoms with Gasteiger partial charge in [-0.25, -0.2) is 0 Å². The van der Waals surface area contributed by atoms with Gasteiger partial charge in [0.25, 0.3) is 5.91 Å². The van der Waals surface area contributed by atoms with E-state index in [2.05, 4.69) is 10.3 Å². The Bertz CT molecular complexity index is 1290. The summed E-state index contributed by atoms with van der Waals surface area (Å²) in [6, 6.07) is 19.9. The van der Waals surface area contributed by atoms with Crippen LogP contribution in [0.4, 0.5) is 5.69 Å². The molecule has 0 saturated carbocycles. The highest BCUT2D eigenvalue weighted by atomic mass is 16.5. The molecule has 2 N–H and O–H groups in total. The summed E-state index contributed by atoms with van der Waals surface area (Å²) in [5.74, 6) is 0.815. The van der Waals surface area contributed by atoms with Crippen LogP contribution in [0.3, 0.4) is 0 Å². The SMILES string of the molecule is COc1ccc(OC)c(-c2ccccc2NC(=O)c2c[nH]c3ccccc3c2=O)c1. The first-order valence-electron chi connectivity index (χ1n) is 9.35. The zero-order chi connectivity index (χ0) is 21.1. The smallest absolute Gasteiger partial charge is 0.261 e. The summed E-state index contributed by atoms with van der Waals surface area (Å²) in [5.41, 5.74) is 2.47. The quantitative estimate of drug-likeness (QED) is 0.518. The molecule has 1 aromatic heterocycles. The van der Waals surface area contributed by atoms with Gasteiger partial charge in [-0.15, -0.1) is 0 Å². The summed E-state index contributed by atoms with van der Waals surface area (Å²) >= 11 is 0. The molecule has 3 aromatic carbocycles. The molecule has 0 atom stereocenters. The number of hydrogen-bond donors (Lipinski definition) is 2. The van der Waals surface area contributed by atoms with E-state index < -0.39 is 5.91 Å². The summed E-state index contributed by atoms with van der Waals surface area (Å²) in [4.78, 5) is 28.7. The third kappa shape index (κ3) is 3.51. The number of ether oxygens (including phenoxy) is 2. The topological polar surface area (TPSA) is 80.4 Å². The maximum atomic E-state index is 13.0. The predicted molar refractivity (Wildman–Crippen MR) is 118 cm³/mol. The van der Waals surface area contributed by atoms with Crippen molar-refractivity contribution >= 4 is 22.5 Å². The Balaban J connectivity index is 1.75. The van der Waals surface area contributed by atoms with Crippen molar-refractivity contribution in [1.82, 2.24) is 4.98 Å². The highest BCUT2D eigenvalue weighted by Gasteiger charge is 2.17. The Morgan fingerprint density at radius 1 is 0.900 bits per heavy atom. The van der Waals surface area contributed by atoms with Crippen LogP contribution in [0.15, 0.2) is 77.7 Å². The van der Waals surface area contributed by atoms with E-state index in [1.54, 1.807) is 50.6 Å². The number of hydrogen-bond acceptors (Lipinski definition) is 4. The molecule has 4 aromatic rings. The number of rotatable bonds is 5. The molecule has 0 radical (unpaired) electrons. The molecule has 0 spiro atoms. The second-order valence-corrected chi connectivity index (χ2v) is 6.64. The molecule has 6 nitrogen and oxygen atoms in total. The van der Waals surface area contributed by atoms with E-state index >= 15 is 0 Å². The van der Waals surface area contributed by atoms with Gasteiger partial charge in [-0.05, 0) is 36.4 Å². The number of carbonyl (C=O) groups excluding carboxylic acids is 1. The minimum absolute atomic E-state index is 0.0427. The van der Waals surface area contributed by atoms with Gasteiger partial charge < -0.3 is 19.8 Å². The number of aromatic nitrogens is 1. The highest BCUT2D eigenvalue weighted by Crippen LogP contribution is 2.37. The van der Waals surface area contributed by atoms with E-state index in [9.17, 15) is 9.59 Å². The number of anilines is 1. The molecule has 0 saturated heterocycles. The molecule has 0 aliphatic rings. The number of para-hydroxylation sites is 2. The van der Waals surface area contributed by atoms with E-state index in [0.29, 0.717) is 28.1 Å². The van der Waals surface area contributed by atoms with E-state index in [0.717, 1.165) is 11.1 Å². The summed E-state index contributed by atoms with van der Waals surface area (Å²) in [6.45, 7) is 0. The minimum Gasteiger partial charge on any atom is -0.497 e. The Morgan fingerprint density at radius 2 is 1.67 bits per heavy atom. The molecule has 0 bridgehead atoms. The zero-order valence-corrected chi connectivity index (χ0v) is 16.6. The van der Waals surface area contributed by atoms with Crippen molar-refractivity contribution in [2.24, 2.45) is 0 Å². The molecular formula is C24H20N2O4. The van der Waals surface area contributed by atoms with Crippen LogP contribution < -0.4 is 20.2 Å². The van der Waals surface area contributed by atoms with E-state index in [1.165, 1.54) is 6.20 Å². The lowest BCUT2D eigenvalue weighted by atomic mass is 10.0. The van der Waals surface area contributed by atoms with Crippen LogP contribution in [0.2, 0.25) is 0 Å². The lowest BCUT2D eigenvalue weighted by molar-refractivity contribution is 0.102. The lowest BCUT2D eigenvalue weighted by Crippen LogP contribution is -2.22. The fraction of sp³-hybridized carbons (Fsp3) is 0.0833. The Morgan fingerprint density at radius 3 is 2.47 bits per heavy atom. The molecular weight excluding hydrogens is 380 g/mol. The number of aromatic amines is 1. The van der Waals surface area contributed by atoms with Crippen LogP contribution in [0.1, 0.15) is 10.4 Å². The van der Waals surface area contributed by atoms with Crippen LogP contribution in [-0.4, -0.2) is 25.1 Å². The molecule has 30 heavy (non-hydrogen) atoms. The van der Waals surface area contributed by atoms with Crippen molar-refractivity contribution in [2.75, 3.05) is 19.5 Å². The fourth-order valence-electron chi connectivity index (χ4n) is 3.38. The molecule has 6 heteroatoms. The number of nitrogens with one attached hydrogen (secondary N) is 2. The Hall–Kier alpha value is -4.06. The molecule has 0 unspecified atom stereocenters. The maximum absolute atomic E-state index is 13.0. The van der Waals surface area contributed by atoms with E-state index in [-0.39, 0.29) is 11.0 Å². The van der Waals surface area contributed by atoms with Crippen molar-refractivity contribution in [3.05, 3.63) is 88.7 Å². The predicted octanol–water partition coefficient (Wildman–Crippen LogP) is 4.46. The average Bonchev–Trinajstić information content (AvgIpc) is 2.79. The van der Waals surface area contributed by atoms with Gasteiger partial charge in [-0.1, -0.05) is 30.3 Å². The minimum atomic E-state index is -0.490. The summed E-state index contributed by atoms with van der Waals surface area (Å²) in [7, 11) is 3.17. The summed E-state index contributed by atoms with van der Waals surface area (Å²) in [6.07, 6.45) is 1.44. The monoisotopic (exact) mass is 400 g/mol. The van der Waals surface area contributed by atoms with Gasteiger partial charge in [0.2, 0.25) is 5.43 Å². The van der Waals surface area contributed by atoms with Gasteiger partial charge in [-0.2, -0.15) is 0 Å². The van der Waals surface area contributed by atoms with Crippen molar-refractivity contribution in [2.45, 2.75) is 0 Å². The second-order valence-electron chi connectivity index (χ2n) is 6.64. The van der Waals surface area contributed by atoms with Gasteiger partial charge in [0.1, 0.15) is 17.1 Å². The molecule has 0 aliphatic carbocycles. The fourth-order valence-corrected chi connectivity index (χ4v) is 3.38. The number of carbonyl (C=O) groups is 1. The highest BCUT2D eigenvalue weighted by molar-refractivity contribution is 6.07. The number of fused-ring (bicyclic) bond motifs is 1. The van der Waals surface area contributed by atoms with Crippen molar-refractivity contribution in [3.8, 4) is 22.6 Å². The summed E-state index contributed by atoms with van der Waals surface area (Å²) < 4.78 is 10.8. The first-order valence-corrected chi connectivity index (χ1v) is 9.35. The normalized spacial score (nSPS) is 10.6. The first-order chi connectivity index (χ1) is 14.6. The second kappa shape index (κ2) is 8.13. The zero-order valence-electron chi connectivity index (χ0n) is 16.6. The number of methoxy groups -OCH3 is 2. The number of H-pyrrole nitrogens is 1. The number of amides is 1. The maximum Gasteiger partial charge on any atom is 0.261 e. The number of pyridine rings is 1. The lowest BCUT2D eigenvalue weighted by Gasteiger charge is -2.15. The van der Waals surface area contributed by atoms with Gasteiger partial charge in [0.05, 0.1) is 14.2 Å². The van der Waals surface area contributed by atoms with Gasteiger partial charge in [-0.3, -0.25) is 9.59 Å². The molecule has 0 fully saturated rings. The molecule has 150 valence electrons. The molecule has 4 rings (SSSR count). The molecule has 0 aliphatic heterocycles. The van der Waals surface area contributed by atoms with Crippen LogP contribution in [0.25, 0.3) is 22.0 Å². The van der Waals surface area contributed by atoms with Gasteiger partial charge >= 0.3 is 0 Å². The van der Waals surface area contributed by atoms with E-state index in [1.807, 2.05) is 30.3 Å².